The third kappa shape index (κ3) is 3.15. The summed E-state index contributed by atoms with van der Waals surface area (Å²) >= 11 is 1.48. The molecule has 2 aromatic heterocycles. The number of hydrogen-bond donors (Lipinski definition) is 2. The van der Waals surface area contributed by atoms with E-state index in [4.69, 9.17) is 4.42 Å². The van der Waals surface area contributed by atoms with Crippen molar-refractivity contribution in [2.75, 3.05) is 10.6 Å². The summed E-state index contributed by atoms with van der Waals surface area (Å²) in [7, 11) is 0. The minimum atomic E-state index is -0.348. The van der Waals surface area contributed by atoms with Crippen LogP contribution >= 0.6 is 11.3 Å². The number of carbonyl (C=O) groups is 2. The molecule has 0 fully saturated rings. The van der Waals surface area contributed by atoms with E-state index in [0.29, 0.717) is 10.6 Å². The number of thiophene rings is 1. The van der Waals surface area contributed by atoms with Gasteiger partial charge in [0.25, 0.3) is 11.8 Å². The Morgan fingerprint density at radius 3 is 2.73 bits per heavy atom. The molecule has 1 aromatic carbocycles. The molecule has 0 saturated heterocycles. The fraction of sp³-hybridized carbons (Fsp3) is 0.200. The zero-order chi connectivity index (χ0) is 18.1. The second-order valence-electron chi connectivity index (χ2n) is 6.32. The highest BCUT2D eigenvalue weighted by Crippen LogP contribution is 2.39. The van der Waals surface area contributed by atoms with Gasteiger partial charge in [0.15, 0.2) is 5.76 Å². The SMILES string of the molecule is Cc1cccc(NC(=O)c2c(NC(=O)c3ccco3)sc3c2CCC3)c1. The van der Waals surface area contributed by atoms with Gasteiger partial charge < -0.3 is 15.1 Å². The lowest BCUT2D eigenvalue weighted by Crippen LogP contribution is -2.17. The van der Waals surface area contributed by atoms with Crippen LogP contribution in [0, 0.1) is 6.92 Å². The summed E-state index contributed by atoms with van der Waals surface area (Å²) < 4.78 is 5.15. The molecule has 6 heteroatoms. The first-order valence-corrected chi connectivity index (χ1v) is 9.31. The number of benzene rings is 1. The molecule has 132 valence electrons. The number of furan rings is 1. The van der Waals surface area contributed by atoms with Crippen LogP contribution in [-0.4, -0.2) is 11.8 Å². The van der Waals surface area contributed by atoms with E-state index in [1.807, 2.05) is 31.2 Å². The highest BCUT2D eigenvalue weighted by molar-refractivity contribution is 7.17. The number of nitrogens with one attached hydrogen (secondary N) is 2. The maximum absolute atomic E-state index is 13.0. The van der Waals surface area contributed by atoms with Gasteiger partial charge in [-0.05, 0) is 61.6 Å². The molecule has 4 rings (SSSR count). The largest absolute Gasteiger partial charge is 0.459 e. The molecule has 3 aromatic rings. The van der Waals surface area contributed by atoms with Crippen molar-refractivity contribution in [1.82, 2.24) is 0 Å². The van der Waals surface area contributed by atoms with Crippen molar-refractivity contribution in [3.8, 4) is 0 Å². The van der Waals surface area contributed by atoms with E-state index >= 15 is 0 Å². The summed E-state index contributed by atoms with van der Waals surface area (Å²) in [5.41, 5.74) is 3.44. The minimum Gasteiger partial charge on any atom is -0.459 e. The van der Waals surface area contributed by atoms with Gasteiger partial charge in [-0.3, -0.25) is 9.59 Å². The van der Waals surface area contributed by atoms with Gasteiger partial charge in [0.2, 0.25) is 0 Å². The van der Waals surface area contributed by atoms with Crippen molar-refractivity contribution in [2.24, 2.45) is 0 Å². The predicted molar refractivity (Wildman–Crippen MR) is 102 cm³/mol. The summed E-state index contributed by atoms with van der Waals surface area (Å²) in [6.45, 7) is 1.98. The summed E-state index contributed by atoms with van der Waals surface area (Å²) in [4.78, 5) is 26.5. The first-order chi connectivity index (χ1) is 12.6. The van der Waals surface area contributed by atoms with Crippen LogP contribution in [0.5, 0.6) is 0 Å². The highest BCUT2D eigenvalue weighted by atomic mass is 32.1. The maximum Gasteiger partial charge on any atom is 0.291 e. The summed E-state index contributed by atoms with van der Waals surface area (Å²) in [6, 6.07) is 10.9. The van der Waals surface area contributed by atoms with E-state index in [9.17, 15) is 9.59 Å². The molecule has 0 bridgehead atoms. The van der Waals surface area contributed by atoms with Crippen molar-refractivity contribution in [1.29, 1.82) is 0 Å². The molecule has 2 heterocycles. The van der Waals surface area contributed by atoms with Crippen LogP contribution in [-0.2, 0) is 12.8 Å². The van der Waals surface area contributed by atoms with Crippen LogP contribution in [0.4, 0.5) is 10.7 Å². The van der Waals surface area contributed by atoms with Gasteiger partial charge in [-0.15, -0.1) is 11.3 Å². The van der Waals surface area contributed by atoms with Gasteiger partial charge in [-0.2, -0.15) is 0 Å². The molecule has 0 saturated carbocycles. The molecular weight excluding hydrogens is 348 g/mol. The average molecular weight is 366 g/mol. The van der Waals surface area contributed by atoms with Gasteiger partial charge in [0.05, 0.1) is 11.8 Å². The Balaban J connectivity index is 1.64. The lowest BCUT2D eigenvalue weighted by molar-refractivity contribution is 0.0997. The Hall–Kier alpha value is -2.86. The van der Waals surface area contributed by atoms with E-state index in [1.54, 1.807) is 12.1 Å². The lowest BCUT2D eigenvalue weighted by Gasteiger charge is -2.09. The molecule has 1 aliphatic rings. The molecule has 0 unspecified atom stereocenters. The topological polar surface area (TPSA) is 71.3 Å². The zero-order valence-electron chi connectivity index (χ0n) is 14.3. The summed E-state index contributed by atoms with van der Waals surface area (Å²) in [5, 5.41) is 6.39. The van der Waals surface area contributed by atoms with Crippen molar-refractivity contribution in [2.45, 2.75) is 26.2 Å². The second-order valence-corrected chi connectivity index (χ2v) is 7.42. The second kappa shape index (κ2) is 6.80. The Labute approximate surface area is 155 Å². The monoisotopic (exact) mass is 366 g/mol. The number of rotatable bonds is 4. The Bertz CT molecular complexity index is 973. The van der Waals surface area contributed by atoms with E-state index in [-0.39, 0.29) is 17.6 Å². The van der Waals surface area contributed by atoms with Gasteiger partial charge in [-0.1, -0.05) is 12.1 Å². The van der Waals surface area contributed by atoms with Crippen LogP contribution in [0.2, 0.25) is 0 Å². The molecule has 5 nitrogen and oxygen atoms in total. The smallest absolute Gasteiger partial charge is 0.291 e. The van der Waals surface area contributed by atoms with Gasteiger partial charge in [-0.25, -0.2) is 0 Å². The van der Waals surface area contributed by atoms with Gasteiger partial charge in [0.1, 0.15) is 5.00 Å². The van der Waals surface area contributed by atoms with Crippen molar-refractivity contribution >= 4 is 33.8 Å². The number of aryl methyl sites for hydroxylation is 2. The lowest BCUT2D eigenvalue weighted by atomic mass is 10.1. The highest BCUT2D eigenvalue weighted by Gasteiger charge is 2.28. The van der Waals surface area contributed by atoms with Gasteiger partial charge >= 0.3 is 0 Å². The third-order valence-electron chi connectivity index (χ3n) is 4.40. The molecule has 0 aliphatic heterocycles. The number of anilines is 2. The first kappa shape index (κ1) is 16.6. The molecule has 2 amide bonds. The first-order valence-electron chi connectivity index (χ1n) is 8.49. The number of fused-ring (bicyclic) bond motifs is 1. The van der Waals surface area contributed by atoms with Crippen LogP contribution in [0.15, 0.2) is 47.1 Å². The predicted octanol–water partition coefficient (Wildman–Crippen LogP) is 4.64. The molecule has 2 N–H and O–H groups in total. The standard InChI is InChI=1S/C20H18N2O3S/c1-12-5-2-6-13(11-12)21-19(24)17-14-7-3-9-16(14)26-20(17)22-18(23)15-8-4-10-25-15/h2,4-6,8,10-11H,3,7,9H2,1H3,(H,21,24)(H,22,23). The molecule has 0 spiro atoms. The number of amides is 2. The Morgan fingerprint density at radius 1 is 1.08 bits per heavy atom. The summed E-state index contributed by atoms with van der Waals surface area (Å²) in [6.07, 6.45) is 4.30. The van der Waals surface area contributed by atoms with Crippen molar-refractivity contribution < 1.29 is 14.0 Å². The third-order valence-corrected chi connectivity index (χ3v) is 5.60. The maximum atomic E-state index is 13.0. The van der Waals surface area contributed by atoms with Crippen LogP contribution in [0.25, 0.3) is 0 Å². The minimum absolute atomic E-state index is 0.190. The van der Waals surface area contributed by atoms with Crippen molar-refractivity contribution in [3.63, 3.8) is 0 Å². The van der Waals surface area contributed by atoms with E-state index in [0.717, 1.165) is 36.1 Å². The Morgan fingerprint density at radius 2 is 1.96 bits per heavy atom. The van der Waals surface area contributed by atoms with Crippen molar-refractivity contribution in [3.05, 3.63) is 70.0 Å². The van der Waals surface area contributed by atoms with E-state index < -0.39 is 0 Å². The quantitative estimate of drug-likeness (QED) is 0.706. The van der Waals surface area contributed by atoms with Crippen LogP contribution in [0.1, 0.15) is 43.3 Å². The molecule has 1 aliphatic carbocycles. The molecule has 0 atom stereocenters. The zero-order valence-corrected chi connectivity index (χ0v) is 15.1. The van der Waals surface area contributed by atoms with Crippen LogP contribution < -0.4 is 10.6 Å². The van der Waals surface area contributed by atoms with Crippen LogP contribution in [0.3, 0.4) is 0 Å². The van der Waals surface area contributed by atoms with Gasteiger partial charge in [0, 0.05) is 10.6 Å². The van der Waals surface area contributed by atoms with E-state index in [1.165, 1.54) is 22.5 Å². The summed E-state index contributed by atoms with van der Waals surface area (Å²) in [5.74, 6) is -0.312. The fourth-order valence-electron chi connectivity index (χ4n) is 3.22. The molecular formula is C20H18N2O3S. The number of carbonyl (C=O) groups excluding carboxylic acids is 2. The Kier molecular flexibility index (Phi) is 4.34. The van der Waals surface area contributed by atoms with E-state index in [2.05, 4.69) is 10.6 Å². The normalized spacial score (nSPS) is 12.7. The molecule has 26 heavy (non-hydrogen) atoms. The fourth-order valence-corrected chi connectivity index (χ4v) is 4.50. The number of hydrogen-bond acceptors (Lipinski definition) is 4. The molecule has 0 radical (unpaired) electrons. The average Bonchev–Trinajstić information content (AvgIpc) is 3.31.